The van der Waals surface area contributed by atoms with Crippen molar-refractivity contribution in [3.8, 4) is 5.75 Å². The van der Waals surface area contributed by atoms with Crippen LogP contribution in [0.4, 0.5) is 0 Å². The molecule has 2 heterocycles. The van der Waals surface area contributed by atoms with Crippen molar-refractivity contribution in [3.63, 3.8) is 0 Å². The van der Waals surface area contributed by atoms with Gasteiger partial charge in [-0.25, -0.2) is 0 Å². The first-order chi connectivity index (χ1) is 16.5. The number of likely N-dealkylation sites (tertiary alicyclic amines) is 2. The number of ether oxygens (including phenoxy) is 1. The summed E-state index contributed by atoms with van der Waals surface area (Å²) in [5.74, 6) is 0.714. The zero-order valence-corrected chi connectivity index (χ0v) is 21.1. The first-order valence-electron chi connectivity index (χ1n) is 12.3. The van der Waals surface area contributed by atoms with E-state index in [1.165, 1.54) is 5.56 Å². The summed E-state index contributed by atoms with van der Waals surface area (Å²) in [6, 6.07) is 15.2. The van der Waals surface area contributed by atoms with Crippen LogP contribution in [0.2, 0.25) is 10.0 Å². The maximum Gasteiger partial charge on any atom is 0.320 e. The number of rotatable bonds is 9. The van der Waals surface area contributed by atoms with Crippen molar-refractivity contribution in [2.45, 2.75) is 50.7 Å². The average molecular weight is 505 g/mol. The number of nitrogens with zero attached hydrogens (tertiary/aromatic N) is 2. The van der Waals surface area contributed by atoms with Crippen LogP contribution in [-0.4, -0.2) is 65.7 Å². The molecule has 2 aliphatic heterocycles. The number of carboxylic acid groups (broad SMARTS) is 1. The average Bonchev–Trinajstić information content (AvgIpc) is 2.84. The van der Waals surface area contributed by atoms with Crippen LogP contribution in [0.5, 0.6) is 5.75 Å². The van der Waals surface area contributed by atoms with Crippen molar-refractivity contribution < 1.29 is 14.6 Å². The third kappa shape index (κ3) is 7.11. The van der Waals surface area contributed by atoms with E-state index in [9.17, 15) is 9.90 Å². The molecule has 0 saturated carbocycles. The molecule has 4 rings (SSSR count). The van der Waals surface area contributed by atoms with E-state index in [0.29, 0.717) is 22.4 Å². The lowest BCUT2D eigenvalue weighted by Gasteiger charge is -2.39. The monoisotopic (exact) mass is 504 g/mol. The number of carboxylic acids is 1. The standard InChI is InChI=1S/C27H34Cl2N2O3/c28-24-8-7-23(18-25(24)29)34-22-12-14-30(15-13-22)19-21-10-16-31(17-11-21)26(27(32)33)9-6-20-4-2-1-3-5-20/h1-5,7-8,18,21-22,26H,6,9-17,19H2,(H,32,33). The van der Waals surface area contributed by atoms with Gasteiger partial charge in [-0.3, -0.25) is 9.69 Å². The second-order valence-electron chi connectivity index (χ2n) is 9.55. The van der Waals surface area contributed by atoms with Gasteiger partial charge in [0.15, 0.2) is 0 Å². The van der Waals surface area contributed by atoms with E-state index < -0.39 is 12.0 Å². The smallest absolute Gasteiger partial charge is 0.320 e. The predicted molar refractivity (Wildman–Crippen MR) is 137 cm³/mol. The number of piperidine rings is 2. The molecule has 184 valence electrons. The fourth-order valence-electron chi connectivity index (χ4n) is 5.17. The van der Waals surface area contributed by atoms with E-state index >= 15 is 0 Å². The Bertz CT molecular complexity index is 927. The number of hydrogen-bond acceptors (Lipinski definition) is 4. The van der Waals surface area contributed by atoms with Gasteiger partial charge in [-0.15, -0.1) is 0 Å². The number of aryl methyl sites for hydroxylation is 1. The van der Waals surface area contributed by atoms with E-state index in [0.717, 1.165) is 70.6 Å². The minimum atomic E-state index is -0.696. The summed E-state index contributed by atoms with van der Waals surface area (Å²) in [6.07, 6.45) is 5.80. The van der Waals surface area contributed by atoms with Gasteiger partial charge >= 0.3 is 5.97 Å². The molecule has 1 N–H and O–H groups in total. The Balaban J connectivity index is 1.18. The van der Waals surface area contributed by atoms with E-state index in [1.807, 2.05) is 24.3 Å². The van der Waals surface area contributed by atoms with Crippen molar-refractivity contribution >= 4 is 29.2 Å². The fraction of sp³-hybridized carbons (Fsp3) is 0.519. The lowest BCUT2D eigenvalue weighted by molar-refractivity contribution is -0.144. The highest BCUT2D eigenvalue weighted by molar-refractivity contribution is 6.42. The number of carbonyl (C=O) groups is 1. The van der Waals surface area contributed by atoms with Crippen molar-refractivity contribution in [1.29, 1.82) is 0 Å². The van der Waals surface area contributed by atoms with Gasteiger partial charge in [0, 0.05) is 25.7 Å². The van der Waals surface area contributed by atoms with Crippen molar-refractivity contribution in [2.75, 3.05) is 32.7 Å². The topological polar surface area (TPSA) is 53.0 Å². The lowest BCUT2D eigenvalue weighted by Crippen LogP contribution is -2.48. The third-order valence-corrected chi connectivity index (χ3v) is 7.91. The maximum atomic E-state index is 11.9. The molecule has 0 aromatic heterocycles. The highest BCUT2D eigenvalue weighted by Gasteiger charge is 2.31. The normalized spacial score (nSPS) is 19.7. The lowest BCUT2D eigenvalue weighted by atomic mass is 9.93. The van der Waals surface area contributed by atoms with Gasteiger partial charge in [-0.1, -0.05) is 53.5 Å². The molecule has 2 fully saturated rings. The van der Waals surface area contributed by atoms with Crippen LogP contribution in [0.15, 0.2) is 48.5 Å². The summed E-state index contributed by atoms with van der Waals surface area (Å²) >= 11 is 12.1. The number of benzene rings is 2. The Morgan fingerprint density at radius 1 is 0.971 bits per heavy atom. The zero-order chi connectivity index (χ0) is 23.9. The minimum absolute atomic E-state index is 0.205. The Morgan fingerprint density at radius 2 is 1.68 bits per heavy atom. The summed E-state index contributed by atoms with van der Waals surface area (Å²) in [6.45, 7) is 4.89. The van der Waals surface area contributed by atoms with Crippen LogP contribution in [0.1, 0.15) is 37.7 Å². The highest BCUT2D eigenvalue weighted by Crippen LogP contribution is 2.29. The molecule has 2 aliphatic rings. The van der Waals surface area contributed by atoms with E-state index in [1.54, 1.807) is 12.1 Å². The van der Waals surface area contributed by atoms with Gasteiger partial charge in [0.05, 0.1) is 10.0 Å². The molecule has 2 aromatic rings. The molecule has 0 aliphatic carbocycles. The SMILES string of the molecule is O=C(O)C(CCc1ccccc1)N1CCC(CN2CCC(Oc3ccc(Cl)c(Cl)c3)CC2)CC1. The van der Waals surface area contributed by atoms with Crippen LogP contribution in [0.3, 0.4) is 0 Å². The molecule has 2 saturated heterocycles. The van der Waals surface area contributed by atoms with Crippen LogP contribution in [-0.2, 0) is 11.2 Å². The van der Waals surface area contributed by atoms with E-state index in [-0.39, 0.29) is 6.10 Å². The van der Waals surface area contributed by atoms with Crippen molar-refractivity contribution in [3.05, 3.63) is 64.1 Å². The Hall–Kier alpha value is -1.79. The fourth-order valence-corrected chi connectivity index (χ4v) is 5.46. The molecule has 7 heteroatoms. The molecular formula is C27H34Cl2N2O3. The molecule has 0 radical (unpaired) electrons. The van der Waals surface area contributed by atoms with Gasteiger partial charge in [0.25, 0.3) is 0 Å². The summed E-state index contributed by atoms with van der Waals surface area (Å²) in [5.41, 5.74) is 1.20. The van der Waals surface area contributed by atoms with Crippen LogP contribution < -0.4 is 4.74 Å². The highest BCUT2D eigenvalue weighted by atomic mass is 35.5. The van der Waals surface area contributed by atoms with Crippen LogP contribution >= 0.6 is 23.2 Å². The van der Waals surface area contributed by atoms with E-state index in [2.05, 4.69) is 21.9 Å². The number of halogens is 2. The molecule has 5 nitrogen and oxygen atoms in total. The maximum absolute atomic E-state index is 11.9. The molecule has 0 spiro atoms. The van der Waals surface area contributed by atoms with Gasteiger partial charge in [0.1, 0.15) is 17.9 Å². The largest absolute Gasteiger partial charge is 0.490 e. The van der Waals surface area contributed by atoms with E-state index in [4.69, 9.17) is 27.9 Å². The predicted octanol–water partition coefficient (Wildman–Crippen LogP) is 5.63. The van der Waals surface area contributed by atoms with Crippen molar-refractivity contribution in [2.24, 2.45) is 5.92 Å². The second-order valence-corrected chi connectivity index (χ2v) is 10.4. The quantitative estimate of drug-likeness (QED) is 0.479. The van der Waals surface area contributed by atoms with Gasteiger partial charge in [-0.05, 0) is 75.2 Å². The number of aliphatic carboxylic acids is 1. The van der Waals surface area contributed by atoms with Crippen LogP contribution in [0.25, 0.3) is 0 Å². The molecule has 1 unspecified atom stereocenters. The van der Waals surface area contributed by atoms with Gasteiger partial charge < -0.3 is 14.7 Å². The second kappa shape index (κ2) is 12.3. The summed E-state index contributed by atoms with van der Waals surface area (Å²) < 4.78 is 6.12. The molecule has 0 bridgehead atoms. The first kappa shape index (κ1) is 25.3. The summed E-state index contributed by atoms with van der Waals surface area (Å²) in [7, 11) is 0. The Morgan fingerprint density at radius 3 is 2.32 bits per heavy atom. The molecule has 1 atom stereocenters. The van der Waals surface area contributed by atoms with Crippen LogP contribution in [0, 0.1) is 5.92 Å². The third-order valence-electron chi connectivity index (χ3n) is 7.17. The summed E-state index contributed by atoms with van der Waals surface area (Å²) in [4.78, 5) is 16.7. The molecule has 0 amide bonds. The minimum Gasteiger partial charge on any atom is -0.490 e. The van der Waals surface area contributed by atoms with Gasteiger partial charge in [-0.2, -0.15) is 0 Å². The molecular weight excluding hydrogens is 471 g/mol. The molecule has 2 aromatic carbocycles. The van der Waals surface area contributed by atoms with Crippen molar-refractivity contribution in [1.82, 2.24) is 9.80 Å². The number of hydrogen-bond donors (Lipinski definition) is 1. The Kier molecular flexibility index (Phi) is 9.12. The first-order valence-corrected chi connectivity index (χ1v) is 13.1. The van der Waals surface area contributed by atoms with Gasteiger partial charge in [0.2, 0.25) is 0 Å². The molecule has 34 heavy (non-hydrogen) atoms. The Labute approximate surface area is 212 Å². The summed E-state index contributed by atoms with van der Waals surface area (Å²) in [5, 5.41) is 10.9. The zero-order valence-electron chi connectivity index (χ0n) is 19.5.